The molecule has 0 bridgehead atoms. The van der Waals surface area contributed by atoms with Crippen molar-refractivity contribution in [2.24, 2.45) is 21.1 Å². The van der Waals surface area contributed by atoms with E-state index in [1.54, 1.807) is 52.2 Å². The number of carbonyl (C=O) groups is 3. The minimum Gasteiger partial charge on any atom is -0.464 e. The third kappa shape index (κ3) is 5.20. The monoisotopic (exact) mass is 501 g/mol. The number of ether oxygens (including phenoxy) is 1. The molecule has 0 unspecified atom stereocenters. The standard InChI is InChI=1S/C28H31N5O4/c1-17(2)18-7-9-19(10-8-18)20-13-23(31(3)15-20)26(34)29-21-14-24(32(4)16-21)27(35)30-25-12-11-22(33(25)5)28(36)37-6/h7-17H,1-6H3,(H,29,34)(H,30,35). The van der Waals surface area contributed by atoms with Crippen molar-refractivity contribution >= 4 is 29.3 Å². The lowest BCUT2D eigenvalue weighted by atomic mass is 10.00. The number of aromatic nitrogens is 3. The van der Waals surface area contributed by atoms with Gasteiger partial charge in [-0.25, -0.2) is 4.79 Å². The highest BCUT2D eigenvalue weighted by Gasteiger charge is 2.19. The summed E-state index contributed by atoms with van der Waals surface area (Å²) in [4.78, 5) is 37.8. The van der Waals surface area contributed by atoms with Gasteiger partial charge in [0.25, 0.3) is 11.8 Å². The lowest BCUT2D eigenvalue weighted by Crippen LogP contribution is -2.18. The molecule has 9 heteroatoms. The Morgan fingerprint density at radius 2 is 1.38 bits per heavy atom. The zero-order valence-corrected chi connectivity index (χ0v) is 21.8. The van der Waals surface area contributed by atoms with Crippen molar-refractivity contribution in [3.63, 3.8) is 0 Å². The Labute approximate surface area is 215 Å². The number of benzene rings is 1. The molecule has 3 aromatic heterocycles. The fraction of sp³-hybridized carbons (Fsp3) is 0.250. The summed E-state index contributed by atoms with van der Waals surface area (Å²) >= 11 is 0. The number of carbonyl (C=O) groups excluding carboxylic acids is 3. The lowest BCUT2D eigenvalue weighted by Gasteiger charge is -2.08. The maximum Gasteiger partial charge on any atom is 0.354 e. The normalized spacial score (nSPS) is 11.0. The largest absolute Gasteiger partial charge is 0.464 e. The molecule has 0 atom stereocenters. The third-order valence-electron chi connectivity index (χ3n) is 6.40. The number of anilines is 2. The van der Waals surface area contributed by atoms with Gasteiger partial charge < -0.3 is 29.1 Å². The van der Waals surface area contributed by atoms with Crippen LogP contribution in [-0.2, 0) is 25.9 Å². The molecular formula is C28H31N5O4. The van der Waals surface area contributed by atoms with Crippen LogP contribution in [0.5, 0.6) is 0 Å². The van der Waals surface area contributed by atoms with E-state index in [1.807, 2.05) is 19.3 Å². The number of hydrogen-bond donors (Lipinski definition) is 2. The van der Waals surface area contributed by atoms with Crippen LogP contribution < -0.4 is 10.6 Å². The van der Waals surface area contributed by atoms with Crippen molar-refractivity contribution in [1.82, 2.24) is 13.7 Å². The van der Waals surface area contributed by atoms with E-state index in [0.29, 0.717) is 34.5 Å². The summed E-state index contributed by atoms with van der Waals surface area (Å²) in [6.07, 6.45) is 3.60. The van der Waals surface area contributed by atoms with Gasteiger partial charge in [-0.05, 0) is 41.3 Å². The highest BCUT2D eigenvalue weighted by atomic mass is 16.5. The number of hydrogen-bond acceptors (Lipinski definition) is 4. The smallest absolute Gasteiger partial charge is 0.354 e. The molecule has 9 nitrogen and oxygen atoms in total. The highest BCUT2D eigenvalue weighted by molar-refractivity contribution is 6.07. The van der Waals surface area contributed by atoms with E-state index >= 15 is 0 Å². The molecule has 37 heavy (non-hydrogen) atoms. The SMILES string of the molecule is COC(=O)c1ccc(NC(=O)c2cc(NC(=O)c3cc(-c4ccc(C(C)C)cc4)cn3C)cn2C)n1C. The molecule has 0 saturated heterocycles. The van der Waals surface area contributed by atoms with E-state index in [1.165, 1.54) is 12.7 Å². The fourth-order valence-corrected chi connectivity index (χ4v) is 4.19. The van der Waals surface area contributed by atoms with E-state index in [2.05, 4.69) is 48.7 Å². The number of esters is 1. The first-order valence-corrected chi connectivity index (χ1v) is 11.9. The molecule has 2 N–H and O–H groups in total. The Hall–Kier alpha value is -4.53. The van der Waals surface area contributed by atoms with Gasteiger partial charge in [-0.3, -0.25) is 9.59 Å². The van der Waals surface area contributed by atoms with Crippen LogP contribution in [0.25, 0.3) is 11.1 Å². The quantitative estimate of drug-likeness (QED) is 0.356. The molecule has 4 aromatic rings. The van der Waals surface area contributed by atoms with E-state index in [9.17, 15) is 14.4 Å². The molecule has 0 radical (unpaired) electrons. The van der Waals surface area contributed by atoms with Crippen molar-refractivity contribution < 1.29 is 19.1 Å². The molecule has 1 aromatic carbocycles. The predicted octanol–water partition coefficient (Wildman–Crippen LogP) is 4.78. The second-order valence-electron chi connectivity index (χ2n) is 9.29. The molecule has 192 valence electrons. The molecule has 0 saturated carbocycles. The molecule has 4 rings (SSSR count). The number of nitrogens with one attached hydrogen (secondary N) is 2. The van der Waals surface area contributed by atoms with Gasteiger partial charge in [0.2, 0.25) is 0 Å². The fourth-order valence-electron chi connectivity index (χ4n) is 4.19. The molecule has 0 aliphatic heterocycles. The van der Waals surface area contributed by atoms with Crippen LogP contribution in [0.3, 0.4) is 0 Å². The average Bonchev–Trinajstić information content (AvgIpc) is 3.55. The summed E-state index contributed by atoms with van der Waals surface area (Å²) < 4.78 is 9.70. The number of methoxy groups -OCH3 is 1. The second kappa shape index (κ2) is 10.2. The van der Waals surface area contributed by atoms with Gasteiger partial charge >= 0.3 is 5.97 Å². The number of nitrogens with zero attached hydrogens (tertiary/aromatic N) is 3. The molecule has 0 aliphatic carbocycles. The minimum atomic E-state index is -0.497. The number of aryl methyl sites for hydroxylation is 2. The van der Waals surface area contributed by atoms with E-state index < -0.39 is 5.97 Å². The van der Waals surface area contributed by atoms with Crippen molar-refractivity contribution in [3.8, 4) is 11.1 Å². The molecule has 0 fully saturated rings. The maximum absolute atomic E-state index is 13.1. The van der Waals surface area contributed by atoms with Gasteiger partial charge in [-0.2, -0.15) is 0 Å². The highest BCUT2D eigenvalue weighted by Crippen LogP contribution is 2.25. The average molecular weight is 502 g/mol. The first-order valence-electron chi connectivity index (χ1n) is 11.9. The van der Waals surface area contributed by atoms with Crippen LogP contribution in [0.1, 0.15) is 56.8 Å². The van der Waals surface area contributed by atoms with Crippen LogP contribution in [0, 0.1) is 0 Å². The molecular weight excluding hydrogens is 470 g/mol. The zero-order valence-electron chi connectivity index (χ0n) is 21.8. The summed E-state index contributed by atoms with van der Waals surface area (Å²) in [5, 5.41) is 5.66. The van der Waals surface area contributed by atoms with Crippen LogP contribution in [-0.4, -0.2) is 38.6 Å². The lowest BCUT2D eigenvalue weighted by molar-refractivity contribution is 0.0589. The Morgan fingerprint density at radius 1 is 0.757 bits per heavy atom. The van der Waals surface area contributed by atoms with Crippen LogP contribution >= 0.6 is 0 Å². The van der Waals surface area contributed by atoms with Gasteiger partial charge in [0, 0.05) is 39.1 Å². The Bertz CT molecular complexity index is 1470. The van der Waals surface area contributed by atoms with Crippen LogP contribution in [0.2, 0.25) is 0 Å². The molecule has 0 spiro atoms. The summed E-state index contributed by atoms with van der Waals surface area (Å²) in [6.45, 7) is 4.31. The summed E-state index contributed by atoms with van der Waals surface area (Å²) in [7, 11) is 6.50. The topological polar surface area (TPSA) is 99.3 Å². The van der Waals surface area contributed by atoms with E-state index in [-0.39, 0.29) is 11.8 Å². The molecule has 0 aliphatic rings. The van der Waals surface area contributed by atoms with Gasteiger partial charge in [0.05, 0.1) is 12.8 Å². The van der Waals surface area contributed by atoms with Gasteiger partial charge in [0.1, 0.15) is 22.9 Å². The number of amides is 2. The Balaban J connectivity index is 1.48. The molecule has 3 heterocycles. The molecule has 2 amide bonds. The Kier molecular flexibility index (Phi) is 7.06. The third-order valence-corrected chi connectivity index (χ3v) is 6.40. The van der Waals surface area contributed by atoms with Gasteiger partial charge in [-0.15, -0.1) is 0 Å². The first kappa shape index (κ1) is 25.6. The predicted molar refractivity (Wildman–Crippen MR) is 143 cm³/mol. The Morgan fingerprint density at radius 3 is 2.03 bits per heavy atom. The summed E-state index contributed by atoms with van der Waals surface area (Å²) in [6, 6.07) is 15.0. The van der Waals surface area contributed by atoms with Gasteiger partial charge in [-0.1, -0.05) is 38.1 Å². The summed E-state index contributed by atoms with van der Waals surface area (Å²) in [5.41, 5.74) is 4.89. The van der Waals surface area contributed by atoms with Crippen molar-refractivity contribution in [2.45, 2.75) is 19.8 Å². The zero-order chi connectivity index (χ0) is 26.9. The number of rotatable bonds is 7. The van der Waals surface area contributed by atoms with Crippen LogP contribution in [0.15, 0.2) is 60.9 Å². The van der Waals surface area contributed by atoms with Crippen molar-refractivity contribution in [1.29, 1.82) is 0 Å². The van der Waals surface area contributed by atoms with Crippen LogP contribution in [0.4, 0.5) is 11.5 Å². The maximum atomic E-state index is 13.1. The van der Waals surface area contributed by atoms with Crippen molar-refractivity contribution in [3.05, 3.63) is 83.6 Å². The second-order valence-corrected chi connectivity index (χ2v) is 9.29. The van der Waals surface area contributed by atoms with E-state index in [0.717, 1.165) is 11.1 Å². The van der Waals surface area contributed by atoms with Crippen molar-refractivity contribution in [2.75, 3.05) is 17.7 Å². The first-order chi connectivity index (χ1) is 17.6. The minimum absolute atomic E-state index is 0.282. The van der Waals surface area contributed by atoms with Gasteiger partial charge in [0.15, 0.2) is 0 Å². The summed E-state index contributed by atoms with van der Waals surface area (Å²) in [5.74, 6) is -0.270. The van der Waals surface area contributed by atoms with E-state index in [4.69, 9.17) is 4.74 Å².